The number of ether oxygens (including phenoxy) is 1. The van der Waals surface area contributed by atoms with E-state index in [0.717, 1.165) is 0 Å². The molecule has 0 aromatic rings. The third kappa shape index (κ3) is 4.61. The van der Waals surface area contributed by atoms with E-state index in [0.29, 0.717) is 13.1 Å². The van der Waals surface area contributed by atoms with Gasteiger partial charge in [0, 0.05) is 20.1 Å². The highest BCUT2D eigenvalue weighted by molar-refractivity contribution is 5.81. The molecular weight excluding hydrogens is 208 g/mol. The molecule has 0 aromatic heterocycles. The van der Waals surface area contributed by atoms with Gasteiger partial charge >= 0.3 is 5.97 Å². The Morgan fingerprint density at radius 2 is 1.94 bits per heavy atom. The summed E-state index contributed by atoms with van der Waals surface area (Å²) in [6.07, 6.45) is 0. The van der Waals surface area contributed by atoms with Crippen molar-refractivity contribution in [1.82, 2.24) is 10.6 Å². The quantitative estimate of drug-likeness (QED) is 0.638. The van der Waals surface area contributed by atoms with Crippen LogP contribution in [0.3, 0.4) is 0 Å². The fourth-order valence-corrected chi connectivity index (χ4v) is 1.30. The average Bonchev–Trinajstić information content (AvgIpc) is 2.26. The number of esters is 1. The highest BCUT2D eigenvalue weighted by atomic mass is 16.5. The summed E-state index contributed by atoms with van der Waals surface area (Å²) in [4.78, 5) is 22.6. The van der Waals surface area contributed by atoms with Crippen LogP contribution in [0.4, 0.5) is 0 Å². The van der Waals surface area contributed by atoms with Crippen molar-refractivity contribution in [3.63, 3.8) is 0 Å². The predicted octanol–water partition coefficient (Wildman–Crippen LogP) is 0.157. The molecule has 1 atom stereocenters. The number of rotatable bonds is 6. The summed E-state index contributed by atoms with van der Waals surface area (Å²) in [5, 5.41) is 5.70. The molecular formula is C11H22N2O3. The summed E-state index contributed by atoms with van der Waals surface area (Å²) in [6, 6.07) is 0. The van der Waals surface area contributed by atoms with Gasteiger partial charge in [-0.1, -0.05) is 6.92 Å². The minimum atomic E-state index is -0.482. The lowest BCUT2D eigenvalue weighted by Crippen LogP contribution is -2.43. The van der Waals surface area contributed by atoms with Crippen molar-refractivity contribution in [3.05, 3.63) is 0 Å². The summed E-state index contributed by atoms with van der Waals surface area (Å²) in [6.45, 7) is 6.51. The SMILES string of the molecule is CNC(=O)C(C)(C)CNCC(C)C(=O)OC. The largest absolute Gasteiger partial charge is 0.469 e. The number of amides is 1. The van der Waals surface area contributed by atoms with Gasteiger partial charge in [0.2, 0.25) is 5.91 Å². The Morgan fingerprint density at radius 3 is 2.38 bits per heavy atom. The van der Waals surface area contributed by atoms with E-state index >= 15 is 0 Å². The lowest BCUT2D eigenvalue weighted by molar-refractivity contribution is -0.144. The second kappa shape index (κ2) is 6.48. The molecule has 94 valence electrons. The Bertz CT molecular complexity index is 252. The third-order valence-corrected chi connectivity index (χ3v) is 2.46. The van der Waals surface area contributed by atoms with E-state index in [2.05, 4.69) is 15.4 Å². The van der Waals surface area contributed by atoms with Crippen LogP contribution in [-0.4, -0.2) is 39.1 Å². The molecule has 0 bridgehead atoms. The summed E-state index contributed by atoms with van der Waals surface area (Å²) in [5.74, 6) is -0.471. The summed E-state index contributed by atoms with van der Waals surface area (Å²) in [5.41, 5.74) is -0.482. The first-order chi connectivity index (χ1) is 7.35. The van der Waals surface area contributed by atoms with Gasteiger partial charge in [-0.3, -0.25) is 9.59 Å². The zero-order valence-electron chi connectivity index (χ0n) is 10.7. The maximum atomic E-state index is 11.5. The highest BCUT2D eigenvalue weighted by Crippen LogP contribution is 2.13. The van der Waals surface area contributed by atoms with Crippen molar-refractivity contribution in [2.45, 2.75) is 20.8 Å². The maximum absolute atomic E-state index is 11.5. The topological polar surface area (TPSA) is 67.4 Å². The van der Waals surface area contributed by atoms with Crippen molar-refractivity contribution in [1.29, 1.82) is 0 Å². The van der Waals surface area contributed by atoms with Crippen molar-refractivity contribution in [2.75, 3.05) is 27.2 Å². The first kappa shape index (κ1) is 14.9. The lowest BCUT2D eigenvalue weighted by Gasteiger charge is -2.23. The second-order valence-corrected chi connectivity index (χ2v) is 4.52. The van der Waals surface area contributed by atoms with Crippen LogP contribution in [0.5, 0.6) is 0 Å². The van der Waals surface area contributed by atoms with Crippen LogP contribution >= 0.6 is 0 Å². The van der Waals surface area contributed by atoms with Gasteiger partial charge in [-0.05, 0) is 13.8 Å². The van der Waals surface area contributed by atoms with Crippen molar-refractivity contribution < 1.29 is 14.3 Å². The lowest BCUT2D eigenvalue weighted by atomic mass is 9.92. The zero-order valence-corrected chi connectivity index (χ0v) is 10.7. The molecule has 0 spiro atoms. The van der Waals surface area contributed by atoms with E-state index in [1.807, 2.05) is 13.8 Å². The van der Waals surface area contributed by atoms with Crippen LogP contribution in [0.15, 0.2) is 0 Å². The van der Waals surface area contributed by atoms with Crippen LogP contribution < -0.4 is 10.6 Å². The van der Waals surface area contributed by atoms with E-state index in [1.165, 1.54) is 7.11 Å². The van der Waals surface area contributed by atoms with E-state index < -0.39 is 5.41 Å². The van der Waals surface area contributed by atoms with E-state index in [9.17, 15) is 9.59 Å². The summed E-state index contributed by atoms with van der Waals surface area (Å²) in [7, 11) is 2.98. The molecule has 0 saturated heterocycles. The number of methoxy groups -OCH3 is 1. The molecule has 2 N–H and O–H groups in total. The average molecular weight is 230 g/mol. The fraction of sp³-hybridized carbons (Fsp3) is 0.818. The molecule has 5 nitrogen and oxygen atoms in total. The van der Waals surface area contributed by atoms with Gasteiger partial charge in [0.05, 0.1) is 18.4 Å². The minimum Gasteiger partial charge on any atom is -0.469 e. The molecule has 1 amide bonds. The van der Waals surface area contributed by atoms with Gasteiger partial charge in [-0.2, -0.15) is 0 Å². The summed E-state index contributed by atoms with van der Waals surface area (Å²) < 4.78 is 4.61. The van der Waals surface area contributed by atoms with Gasteiger partial charge in [-0.15, -0.1) is 0 Å². The number of nitrogens with one attached hydrogen (secondary N) is 2. The van der Waals surface area contributed by atoms with Gasteiger partial charge < -0.3 is 15.4 Å². The second-order valence-electron chi connectivity index (χ2n) is 4.52. The third-order valence-electron chi connectivity index (χ3n) is 2.46. The van der Waals surface area contributed by atoms with Crippen LogP contribution in [0, 0.1) is 11.3 Å². The Morgan fingerprint density at radius 1 is 1.38 bits per heavy atom. The zero-order chi connectivity index (χ0) is 12.8. The Balaban J connectivity index is 3.98. The van der Waals surface area contributed by atoms with Gasteiger partial charge in [-0.25, -0.2) is 0 Å². The molecule has 0 aliphatic carbocycles. The normalized spacial score (nSPS) is 13.1. The molecule has 0 saturated carbocycles. The van der Waals surface area contributed by atoms with Crippen molar-refractivity contribution >= 4 is 11.9 Å². The van der Waals surface area contributed by atoms with Gasteiger partial charge in [0.15, 0.2) is 0 Å². The molecule has 1 unspecified atom stereocenters. The van der Waals surface area contributed by atoms with E-state index in [4.69, 9.17) is 0 Å². The highest BCUT2D eigenvalue weighted by Gasteiger charge is 2.26. The van der Waals surface area contributed by atoms with Gasteiger partial charge in [0.25, 0.3) is 0 Å². The molecule has 0 aliphatic rings. The molecule has 0 aromatic carbocycles. The number of carbonyl (C=O) groups is 2. The van der Waals surface area contributed by atoms with E-state index in [-0.39, 0.29) is 17.8 Å². The molecule has 16 heavy (non-hydrogen) atoms. The minimum absolute atomic E-state index is 0.0225. The monoisotopic (exact) mass is 230 g/mol. The first-order valence-corrected chi connectivity index (χ1v) is 5.36. The molecule has 0 fully saturated rings. The molecule has 0 rings (SSSR count). The van der Waals surface area contributed by atoms with Crippen molar-refractivity contribution in [2.24, 2.45) is 11.3 Å². The van der Waals surface area contributed by atoms with Crippen LogP contribution in [0.2, 0.25) is 0 Å². The number of hydrogen-bond donors (Lipinski definition) is 2. The fourth-order valence-electron chi connectivity index (χ4n) is 1.30. The Hall–Kier alpha value is -1.10. The number of carbonyl (C=O) groups excluding carboxylic acids is 2. The van der Waals surface area contributed by atoms with Crippen LogP contribution in [0.1, 0.15) is 20.8 Å². The number of hydrogen-bond acceptors (Lipinski definition) is 4. The molecule has 5 heteroatoms. The summed E-state index contributed by atoms with van der Waals surface area (Å²) >= 11 is 0. The maximum Gasteiger partial charge on any atom is 0.309 e. The molecule has 0 heterocycles. The Kier molecular flexibility index (Phi) is 6.03. The molecule has 0 aliphatic heterocycles. The van der Waals surface area contributed by atoms with E-state index in [1.54, 1.807) is 14.0 Å². The van der Waals surface area contributed by atoms with Crippen molar-refractivity contribution in [3.8, 4) is 0 Å². The predicted molar refractivity (Wildman–Crippen MR) is 61.9 cm³/mol. The Labute approximate surface area is 96.9 Å². The van der Waals surface area contributed by atoms with Crippen LogP contribution in [-0.2, 0) is 14.3 Å². The van der Waals surface area contributed by atoms with Gasteiger partial charge in [0.1, 0.15) is 0 Å². The standard InChI is InChI=1S/C11H22N2O3/c1-8(9(14)16-5)6-13-7-11(2,3)10(15)12-4/h8,13H,6-7H2,1-5H3,(H,12,15). The smallest absolute Gasteiger partial charge is 0.309 e. The van der Waals surface area contributed by atoms with Crippen LogP contribution in [0.25, 0.3) is 0 Å². The first-order valence-electron chi connectivity index (χ1n) is 5.36. The molecule has 0 radical (unpaired) electrons.